The summed E-state index contributed by atoms with van der Waals surface area (Å²) in [7, 11) is 0. The maximum absolute atomic E-state index is 14.0. The first-order chi connectivity index (χ1) is 13.1. The lowest BCUT2D eigenvalue weighted by atomic mass is 9.78. The van der Waals surface area contributed by atoms with Crippen molar-refractivity contribution in [3.8, 4) is 0 Å². The van der Waals surface area contributed by atoms with E-state index in [0.29, 0.717) is 37.2 Å². The lowest BCUT2D eigenvalue weighted by molar-refractivity contribution is -0.146. The molecule has 3 heterocycles. The standard InChI is InChI=1S/C21H22FN3O2/c22-18-7-2-1-5-17(18)14-24-11-4-8-21(20(24)27)9-12-25(15-21)19(26)16-6-3-10-23-13-16/h1-3,5-7,10,13H,4,8-9,11-12,14-15H2/t21-/m1/s1. The zero-order valence-electron chi connectivity index (χ0n) is 15.1. The Bertz CT molecular complexity index is 858. The summed E-state index contributed by atoms with van der Waals surface area (Å²) < 4.78 is 14.0. The third kappa shape index (κ3) is 3.31. The Kier molecular flexibility index (Phi) is 4.64. The second-order valence-electron chi connectivity index (χ2n) is 7.42. The second-order valence-corrected chi connectivity index (χ2v) is 7.42. The molecule has 2 amide bonds. The van der Waals surface area contributed by atoms with E-state index in [1.807, 2.05) is 0 Å². The maximum Gasteiger partial charge on any atom is 0.255 e. The van der Waals surface area contributed by atoms with Gasteiger partial charge in [-0.1, -0.05) is 18.2 Å². The number of likely N-dealkylation sites (tertiary alicyclic amines) is 2. The highest BCUT2D eigenvalue weighted by molar-refractivity contribution is 5.95. The third-order valence-corrected chi connectivity index (χ3v) is 5.69. The third-order valence-electron chi connectivity index (χ3n) is 5.69. The molecule has 0 N–H and O–H groups in total. The molecule has 2 aliphatic rings. The molecule has 0 radical (unpaired) electrons. The topological polar surface area (TPSA) is 53.5 Å². The van der Waals surface area contributed by atoms with Crippen molar-refractivity contribution in [2.45, 2.75) is 25.8 Å². The van der Waals surface area contributed by atoms with Crippen LogP contribution in [0.2, 0.25) is 0 Å². The molecule has 5 nitrogen and oxygen atoms in total. The number of rotatable bonds is 3. The molecule has 4 rings (SSSR count). The van der Waals surface area contributed by atoms with Crippen LogP contribution in [0.4, 0.5) is 4.39 Å². The summed E-state index contributed by atoms with van der Waals surface area (Å²) in [6.45, 7) is 1.90. The van der Waals surface area contributed by atoms with Gasteiger partial charge < -0.3 is 9.80 Å². The molecule has 0 unspecified atom stereocenters. The summed E-state index contributed by atoms with van der Waals surface area (Å²) in [6, 6.07) is 10.1. The monoisotopic (exact) mass is 367 g/mol. The van der Waals surface area contributed by atoms with Gasteiger partial charge in [0.05, 0.1) is 11.0 Å². The van der Waals surface area contributed by atoms with E-state index < -0.39 is 5.41 Å². The minimum Gasteiger partial charge on any atom is -0.338 e. The minimum absolute atomic E-state index is 0.0403. The highest BCUT2D eigenvalue weighted by Gasteiger charge is 2.49. The first-order valence-electron chi connectivity index (χ1n) is 9.31. The van der Waals surface area contributed by atoms with Gasteiger partial charge in [0.1, 0.15) is 5.82 Å². The fourth-order valence-corrected chi connectivity index (χ4v) is 4.23. The molecule has 0 saturated carbocycles. The number of hydrogen-bond donors (Lipinski definition) is 0. The summed E-state index contributed by atoms with van der Waals surface area (Å²) in [4.78, 5) is 33.4. The molecule has 2 saturated heterocycles. The average molecular weight is 367 g/mol. The van der Waals surface area contributed by atoms with Crippen LogP contribution in [0.25, 0.3) is 0 Å². The van der Waals surface area contributed by atoms with Gasteiger partial charge in [-0.05, 0) is 37.5 Å². The SMILES string of the molecule is O=C(c1cccnc1)N1CC[C@]2(CCCN(Cc3ccccc3F)C2=O)C1. The number of pyridine rings is 1. The Morgan fingerprint density at radius 2 is 2.00 bits per heavy atom. The second kappa shape index (κ2) is 7.10. The molecule has 2 aromatic rings. The highest BCUT2D eigenvalue weighted by atomic mass is 19.1. The molecule has 2 aliphatic heterocycles. The van der Waals surface area contributed by atoms with Gasteiger partial charge in [0, 0.05) is 44.1 Å². The van der Waals surface area contributed by atoms with Gasteiger partial charge in [0.25, 0.3) is 5.91 Å². The fraction of sp³-hybridized carbons (Fsp3) is 0.381. The summed E-state index contributed by atoms with van der Waals surface area (Å²) in [6.07, 6.45) is 5.49. The molecule has 2 fully saturated rings. The normalized spacial score (nSPS) is 22.5. The lowest BCUT2D eigenvalue weighted by Crippen LogP contribution is -2.50. The quantitative estimate of drug-likeness (QED) is 0.838. The predicted molar refractivity (Wildman–Crippen MR) is 98.2 cm³/mol. The Morgan fingerprint density at radius 1 is 1.15 bits per heavy atom. The van der Waals surface area contributed by atoms with Crippen molar-refractivity contribution in [3.05, 3.63) is 65.7 Å². The van der Waals surface area contributed by atoms with Crippen molar-refractivity contribution < 1.29 is 14.0 Å². The number of hydrogen-bond acceptors (Lipinski definition) is 3. The number of aromatic nitrogens is 1. The van der Waals surface area contributed by atoms with E-state index in [4.69, 9.17) is 0 Å². The number of carbonyl (C=O) groups excluding carboxylic acids is 2. The van der Waals surface area contributed by atoms with E-state index in [1.54, 1.807) is 52.5 Å². The Hall–Kier alpha value is -2.76. The van der Waals surface area contributed by atoms with Crippen LogP contribution in [-0.2, 0) is 11.3 Å². The number of amides is 2. The number of carbonyl (C=O) groups is 2. The molecule has 27 heavy (non-hydrogen) atoms. The highest BCUT2D eigenvalue weighted by Crippen LogP contribution is 2.41. The number of nitrogens with zero attached hydrogens (tertiary/aromatic N) is 3. The summed E-state index contributed by atoms with van der Waals surface area (Å²) in [5.41, 5.74) is 0.534. The van der Waals surface area contributed by atoms with Crippen LogP contribution in [0.5, 0.6) is 0 Å². The number of benzene rings is 1. The zero-order valence-corrected chi connectivity index (χ0v) is 15.1. The van der Waals surface area contributed by atoms with Crippen molar-refractivity contribution >= 4 is 11.8 Å². The first-order valence-corrected chi connectivity index (χ1v) is 9.31. The Balaban J connectivity index is 1.49. The van der Waals surface area contributed by atoms with Crippen LogP contribution in [0.15, 0.2) is 48.8 Å². The molecular formula is C21H22FN3O2. The van der Waals surface area contributed by atoms with E-state index in [2.05, 4.69) is 4.98 Å². The maximum atomic E-state index is 14.0. The van der Waals surface area contributed by atoms with Gasteiger partial charge in [0.2, 0.25) is 5.91 Å². The smallest absolute Gasteiger partial charge is 0.255 e. The van der Waals surface area contributed by atoms with Crippen LogP contribution < -0.4 is 0 Å². The van der Waals surface area contributed by atoms with Gasteiger partial charge in [-0.25, -0.2) is 4.39 Å². The lowest BCUT2D eigenvalue weighted by Gasteiger charge is -2.39. The van der Waals surface area contributed by atoms with Crippen LogP contribution in [0, 0.1) is 11.2 Å². The van der Waals surface area contributed by atoms with Gasteiger partial charge in [-0.2, -0.15) is 0 Å². The molecule has 0 aliphatic carbocycles. The molecule has 0 bridgehead atoms. The average Bonchev–Trinajstić information content (AvgIpc) is 3.12. The molecule has 1 atom stereocenters. The molecule has 1 aromatic carbocycles. The Labute approximate surface area is 157 Å². The van der Waals surface area contributed by atoms with Gasteiger partial charge in [-0.15, -0.1) is 0 Å². The van der Waals surface area contributed by atoms with E-state index >= 15 is 0 Å². The molecule has 1 aromatic heterocycles. The van der Waals surface area contributed by atoms with E-state index in [1.165, 1.54) is 6.07 Å². The van der Waals surface area contributed by atoms with E-state index in [9.17, 15) is 14.0 Å². The summed E-state index contributed by atoms with van der Waals surface area (Å²) in [5, 5.41) is 0. The van der Waals surface area contributed by atoms with Crippen LogP contribution in [0.3, 0.4) is 0 Å². The molecule has 1 spiro atoms. The van der Waals surface area contributed by atoms with Gasteiger partial charge in [-0.3, -0.25) is 14.6 Å². The van der Waals surface area contributed by atoms with Crippen molar-refractivity contribution in [3.63, 3.8) is 0 Å². The van der Waals surface area contributed by atoms with Crippen molar-refractivity contribution in [2.24, 2.45) is 5.41 Å². The zero-order chi connectivity index (χ0) is 18.9. The first kappa shape index (κ1) is 17.6. The number of piperidine rings is 1. The van der Waals surface area contributed by atoms with E-state index in [0.717, 1.165) is 12.8 Å². The van der Waals surface area contributed by atoms with Gasteiger partial charge in [0.15, 0.2) is 0 Å². The Morgan fingerprint density at radius 3 is 2.78 bits per heavy atom. The predicted octanol–water partition coefficient (Wildman–Crippen LogP) is 2.88. The van der Waals surface area contributed by atoms with Crippen LogP contribution >= 0.6 is 0 Å². The van der Waals surface area contributed by atoms with Crippen molar-refractivity contribution in [1.29, 1.82) is 0 Å². The molecular weight excluding hydrogens is 345 g/mol. The van der Waals surface area contributed by atoms with Gasteiger partial charge >= 0.3 is 0 Å². The molecule has 140 valence electrons. The van der Waals surface area contributed by atoms with Crippen molar-refractivity contribution in [1.82, 2.24) is 14.8 Å². The van der Waals surface area contributed by atoms with Crippen LogP contribution in [0.1, 0.15) is 35.2 Å². The summed E-state index contributed by atoms with van der Waals surface area (Å²) >= 11 is 0. The largest absolute Gasteiger partial charge is 0.338 e. The van der Waals surface area contributed by atoms with E-state index in [-0.39, 0.29) is 24.2 Å². The minimum atomic E-state index is -0.540. The summed E-state index contributed by atoms with van der Waals surface area (Å²) in [5.74, 6) is -0.331. The van der Waals surface area contributed by atoms with Crippen molar-refractivity contribution in [2.75, 3.05) is 19.6 Å². The van der Waals surface area contributed by atoms with Crippen LogP contribution in [-0.4, -0.2) is 46.2 Å². The number of halogens is 1. The molecule has 6 heteroatoms. The fourth-order valence-electron chi connectivity index (χ4n) is 4.23.